The Morgan fingerprint density at radius 2 is 1.90 bits per heavy atom. The summed E-state index contributed by atoms with van der Waals surface area (Å²) < 4.78 is 31.8. The molecule has 0 aromatic rings. The maximum Gasteiger partial charge on any atom is 0.358 e. The fourth-order valence-electron chi connectivity index (χ4n) is 2.17. The maximum absolute atomic E-state index is 12.3. The van der Waals surface area contributed by atoms with E-state index >= 15 is 0 Å². The summed E-state index contributed by atoms with van der Waals surface area (Å²) in [6, 6.07) is 0. The molecule has 0 aliphatic carbocycles. The Morgan fingerprint density at radius 3 is 2.29 bits per heavy atom. The van der Waals surface area contributed by atoms with E-state index in [1.807, 2.05) is 0 Å². The van der Waals surface area contributed by atoms with Gasteiger partial charge in [-0.1, -0.05) is 0 Å². The van der Waals surface area contributed by atoms with Crippen molar-refractivity contribution in [1.82, 2.24) is 4.90 Å². The van der Waals surface area contributed by atoms with Crippen molar-refractivity contribution < 1.29 is 26.9 Å². The molecule has 1 atom stereocenters. The first kappa shape index (κ1) is 17.8. The monoisotopic (exact) mass is 337 g/mol. The Balaban J connectivity index is 3.32. The Kier molecular flexibility index (Phi) is 4.99. The van der Waals surface area contributed by atoms with Gasteiger partial charge < -0.3 is 8.92 Å². The fourth-order valence-corrected chi connectivity index (χ4v) is 3.81. The number of hydrogen-bond donors (Lipinski definition) is 0. The molecule has 0 bridgehead atoms. The van der Waals surface area contributed by atoms with Gasteiger partial charge in [0.25, 0.3) is 0 Å². The molecule has 1 aliphatic heterocycles. The lowest BCUT2D eigenvalue weighted by molar-refractivity contribution is -0.160. The third-order valence-corrected chi connectivity index (χ3v) is 4.87. The number of β-lactam (4-membered cyclic amide) rings is 1. The molecule has 0 saturated carbocycles. The minimum Gasteiger partial charge on any atom is -0.464 e. The van der Waals surface area contributed by atoms with Crippen LogP contribution in [0.15, 0.2) is 11.5 Å². The summed E-state index contributed by atoms with van der Waals surface area (Å²) in [6.45, 7) is 4.83. The van der Waals surface area contributed by atoms with Gasteiger partial charge in [0, 0.05) is 0 Å². The van der Waals surface area contributed by atoms with Crippen LogP contribution in [0.4, 0.5) is 0 Å². The van der Waals surface area contributed by atoms with E-state index in [1.165, 1.54) is 23.6 Å². The van der Waals surface area contributed by atoms with Crippen molar-refractivity contribution in [1.29, 1.82) is 0 Å². The van der Waals surface area contributed by atoms with Gasteiger partial charge in [0.1, 0.15) is 5.76 Å². The van der Waals surface area contributed by atoms with E-state index in [0.29, 0.717) is 0 Å². The van der Waals surface area contributed by atoms with Crippen LogP contribution >= 0.6 is 11.8 Å². The second-order valence-corrected chi connectivity index (χ2v) is 7.66. The molecule has 1 amide bonds. The van der Waals surface area contributed by atoms with Crippen LogP contribution in [0.2, 0.25) is 0 Å². The lowest BCUT2D eigenvalue weighted by Crippen LogP contribution is -2.65. The van der Waals surface area contributed by atoms with E-state index in [-0.39, 0.29) is 22.7 Å². The summed E-state index contributed by atoms with van der Waals surface area (Å²) in [4.78, 5) is 25.4. The van der Waals surface area contributed by atoms with Crippen LogP contribution in [0.5, 0.6) is 0 Å². The molecule has 0 radical (unpaired) electrons. The van der Waals surface area contributed by atoms with Crippen molar-refractivity contribution in [2.45, 2.75) is 26.1 Å². The quantitative estimate of drug-likeness (QED) is 0.242. The van der Waals surface area contributed by atoms with E-state index in [2.05, 4.69) is 4.74 Å². The van der Waals surface area contributed by atoms with Gasteiger partial charge in [0.05, 0.1) is 24.2 Å². The molecule has 0 N–H and O–H groups in total. The molecule has 1 heterocycles. The molecule has 7 nitrogen and oxygen atoms in total. The first-order valence-electron chi connectivity index (χ1n) is 6.02. The smallest absolute Gasteiger partial charge is 0.358 e. The molecule has 0 aromatic heterocycles. The van der Waals surface area contributed by atoms with Crippen LogP contribution in [0.3, 0.4) is 0 Å². The average molecular weight is 337 g/mol. The predicted octanol–water partition coefficient (Wildman–Crippen LogP) is 0.925. The van der Waals surface area contributed by atoms with Crippen molar-refractivity contribution in [3.05, 3.63) is 11.5 Å². The molecular weight excluding hydrogens is 318 g/mol. The number of amides is 1. The lowest BCUT2D eigenvalue weighted by atomic mass is 9.82. The van der Waals surface area contributed by atoms with E-state index in [9.17, 15) is 18.0 Å². The molecule has 1 unspecified atom stereocenters. The molecule has 0 spiro atoms. The highest BCUT2D eigenvalue weighted by atomic mass is 32.2. The van der Waals surface area contributed by atoms with Gasteiger partial charge in [-0.3, -0.25) is 9.69 Å². The molecule has 1 saturated heterocycles. The number of nitrogens with zero attached hydrogens (tertiary/aromatic N) is 1. The summed E-state index contributed by atoms with van der Waals surface area (Å²) in [7, 11) is -2.66. The van der Waals surface area contributed by atoms with Crippen LogP contribution in [-0.4, -0.2) is 50.2 Å². The zero-order chi connectivity index (χ0) is 16.6. The molecule has 1 fully saturated rings. The fraction of sp³-hybridized carbons (Fsp3) is 0.667. The van der Waals surface area contributed by atoms with Gasteiger partial charge in [-0.2, -0.15) is 8.42 Å². The van der Waals surface area contributed by atoms with Gasteiger partial charge in [-0.15, -0.1) is 11.8 Å². The molecule has 1 aliphatic rings. The number of esters is 1. The Morgan fingerprint density at radius 1 is 1.38 bits per heavy atom. The van der Waals surface area contributed by atoms with Gasteiger partial charge in [-0.25, -0.2) is 4.79 Å². The Labute approximate surface area is 128 Å². The summed E-state index contributed by atoms with van der Waals surface area (Å²) in [5.41, 5.74) is -0.837. The van der Waals surface area contributed by atoms with Crippen molar-refractivity contribution in [2.75, 3.05) is 19.6 Å². The average Bonchev–Trinajstić information content (AvgIpc) is 2.34. The molecule has 9 heteroatoms. The maximum atomic E-state index is 12.3. The number of likely N-dealkylation sites (tertiary alicyclic amines) is 1. The number of ether oxygens (including phenoxy) is 1. The number of rotatable bonds is 5. The standard InChI is InChI=1S/C12H19NO6S2/c1-7(19-21(6,16)17)8(9(14)18-4)13-10(15)12(2,3)11(13)20-5/h11H,1-6H3/b8-7+. The second-order valence-electron chi connectivity index (χ2n) is 5.17. The summed E-state index contributed by atoms with van der Waals surface area (Å²) in [5, 5.41) is -0.308. The molecule has 0 aromatic carbocycles. The third kappa shape index (κ3) is 3.34. The highest BCUT2D eigenvalue weighted by Gasteiger charge is 2.57. The number of carbonyl (C=O) groups is 2. The van der Waals surface area contributed by atoms with Crippen molar-refractivity contribution in [3.63, 3.8) is 0 Å². The second kappa shape index (κ2) is 5.88. The van der Waals surface area contributed by atoms with E-state index in [4.69, 9.17) is 4.18 Å². The Hall–Kier alpha value is -1.22. The molecular formula is C12H19NO6S2. The molecule has 120 valence electrons. The largest absolute Gasteiger partial charge is 0.464 e. The predicted molar refractivity (Wildman–Crippen MR) is 78.6 cm³/mol. The van der Waals surface area contributed by atoms with Crippen molar-refractivity contribution in [3.8, 4) is 0 Å². The number of hydrogen-bond acceptors (Lipinski definition) is 7. The van der Waals surface area contributed by atoms with E-state index in [0.717, 1.165) is 13.4 Å². The lowest BCUT2D eigenvalue weighted by Gasteiger charge is -2.51. The minimum absolute atomic E-state index is 0.188. The first-order chi connectivity index (χ1) is 9.47. The van der Waals surface area contributed by atoms with E-state index < -0.39 is 21.5 Å². The summed E-state index contributed by atoms with van der Waals surface area (Å²) in [6.07, 6.45) is 2.66. The van der Waals surface area contributed by atoms with Gasteiger partial charge in [0.2, 0.25) is 5.91 Å². The molecule has 21 heavy (non-hydrogen) atoms. The highest BCUT2D eigenvalue weighted by Crippen LogP contribution is 2.46. The van der Waals surface area contributed by atoms with E-state index in [1.54, 1.807) is 20.1 Å². The zero-order valence-electron chi connectivity index (χ0n) is 12.8. The number of carbonyl (C=O) groups excluding carboxylic acids is 2. The van der Waals surface area contributed by atoms with Gasteiger partial charge >= 0.3 is 16.1 Å². The minimum atomic E-state index is -3.81. The van der Waals surface area contributed by atoms with Crippen LogP contribution < -0.4 is 0 Å². The van der Waals surface area contributed by atoms with Crippen LogP contribution in [0.1, 0.15) is 20.8 Å². The first-order valence-corrected chi connectivity index (χ1v) is 9.13. The highest BCUT2D eigenvalue weighted by molar-refractivity contribution is 7.99. The summed E-state index contributed by atoms with van der Waals surface area (Å²) in [5.74, 6) is -1.30. The number of methoxy groups -OCH3 is 1. The number of thioether (sulfide) groups is 1. The van der Waals surface area contributed by atoms with Gasteiger partial charge in [0.15, 0.2) is 5.70 Å². The van der Waals surface area contributed by atoms with Crippen molar-refractivity contribution in [2.24, 2.45) is 5.41 Å². The van der Waals surface area contributed by atoms with Gasteiger partial charge in [-0.05, 0) is 27.0 Å². The molecule has 1 rings (SSSR count). The number of allylic oxidation sites excluding steroid dienone is 1. The topological polar surface area (TPSA) is 90.0 Å². The van der Waals surface area contributed by atoms with Crippen LogP contribution in [0.25, 0.3) is 0 Å². The third-order valence-electron chi connectivity index (χ3n) is 3.07. The normalized spacial score (nSPS) is 22.3. The van der Waals surface area contributed by atoms with Crippen LogP contribution in [0, 0.1) is 5.41 Å². The Bertz CT molecular complexity index is 593. The summed E-state index contributed by atoms with van der Waals surface area (Å²) >= 11 is 1.38. The zero-order valence-corrected chi connectivity index (χ0v) is 14.4. The van der Waals surface area contributed by atoms with Crippen LogP contribution in [-0.2, 0) is 28.6 Å². The SMILES string of the molecule is COC(=O)/C(=C(/C)OS(C)(=O)=O)N1C(=O)C(C)(C)C1SC. The van der Waals surface area contributed by atoms with Crippen molar-refractivity contribution >= 4 is 33.8 Å².